The molecule has 3 aliphatic heterocycles. The van der Waals surface area contributed by atoms with E-state index in [4.69, 9.17) is 48.7 Å². The van der Waals surface area contributed by atoms with E-state index in [9.17, 15) is 67.5 Å². The Bertz CT molecular complexity index is 3280. The van der Waals surface area contributed by atoms with Crippen LogP contribution in [0.3, 0.4) is 0 Å². The Labute approximate surface area is 418 Å². The van der Waals surface area contributed by atoms with Gasteiger partial charge in [-0.2, -0.15) is 8.62 Å². The lowest BCUT2D eigenvalue weighted by atomic mass is 9.95. The first-order valence-corrected chi connectivity index (χ1v) is 27.8. The summed E-state index contributed by atoms with van der Waals surface area (Å²) in [6.07, 6.45) is -10.7. The third kappa shape index (κ3) is 12.2. The van der Waals surface area contributed by atoms with Crippen molar-refractivity contribution in [3.8, 4) is 0 Å². The van der Waals surface area contributed by atoms with Crippen LogP contribution in [-0.2, 0) is 71.2 Å². The maximum absolute atomic E-state index is 13.7. The maximum atomic E-state index is 13.7. The smallest absolute Gasteiger partial charge is 0.387 e. The number of phosphoric acid groups is 3. The zero-order valence-corrected chi connectivity index (χ0v) is 42.5. The molecule has 414 valence electrons. The van der Waals surface area contributed by atoms with Crippen molar-refractivity contribution in [3.05, 3.63) is 62.4 Å². The van der Waals surface area contributed by atoms with Crippen LogP contribution < -0.4 is 37.9 Å². The summed E-state index contributed by atoms with van der Waals surface area (Å²) in [4.78, 5) is 99.9. The molecule has 16 atom stereocenters. The second-order valence-corrected chi connectivity index (χ2v) is 23.0. The molecule has 3 saturated heterocycles. The van der Waals surface area contributed by atoms with E-state index in [0.29, 0.717) is 0 Å². The molecule has 0 spiro atoms. The molecular formula is C34H50N13O24P4+. The Balaban J connectivity index is 0.942. The third-order valence-corrected chi connectivity index (χ3v) is 17.3. The Hall–Kier alpha value is -4.62. The first-order valence-electron chi connectivity index (χ1n) is 21.7. The number of aliphatic hydroxyl groups excluding tert-OH is 3. The van der Waals surface area contributed by atoms with E-state index < -0.39 is 141 Å². The van der Waals surface area contributed by atoms with Gasteiger partial charge in [-0.05, 0) is 6.42 Å². The van der Waals surface area contributed by atoms with E-state index in [1.165, 1.54) is 40.5 Å². The summed E-state index contributed by atoms with van der Waals surface area (Å²) in [5.41, 5.74) is 9.43. The molecule has 0 aromatic carbocycles. The zero-order chi connectivity index (χ0) is 54.5. The number of nitrogens with two attached hydrogens (primary N) is 2. The minimum Gasteiger partial charge on any atom is -0.387 e. The van der Waals surface area contributed by atoms with Crippen molar-refractivity contribution in [2.45, 2.75) is 73.9 Å². The predicted octanol–water partition coefficient (Wildman–Crippen LogP) is -4.01. The molecule has 0 radical (unpaired) electrons. The fraction of sp³-hybridized carbons (Fsp3) is 0.588. The van der Waals surface area contributed by atoms with Gasteiger partial charge >= 0.3 is 42.6 Å². The second-order valence-electron chi connectivity index (χ2n) is 16.8. The van der Waals surface area contributed by atoms with E-state index in [2.05, 4.69) is 38.6 Å². The van der Waals surface area contributed by atoms with Gasteiger partial charge in [0.2, 0.25) is 11.7 Å². The van der Waals surface area contributed by atoms with Crippen molar-refractivity contribution in [2.75, 3.05) is 52.1 Å². The monoisotopic (exact) mass is 1150 g/mol. The molecule has 0 aliphatic carbocycles. The fourth-order valence-corrected chi connectivity index (χ4v) is 13.2. The molecule has 3 fully saturated rings. The van der Waals surface area contributed by atoms with E-state index in [-0.39, 0.29) is 47.1 Å². The van der Waals surface area contributed by atoms with Crippen LogP contribution in [0.25, 0.3) is 22.3 Å². The summed E-state index contributed by atoms with van der Waals surface area (Å²) in [6.45, 7) is -3.04. The number of methoxy groups -OCH3 is 2. The summed E-state index contributed by atoms with van der Waals surface area (Å²) in [7, 11) is -19.1. The van der Waals surface area contributed by atoms with Crippen LogP contribution in [0.4, 0.5) is 11.8 Å². The number of aromatic amines is 2. The first-order chi connectivity index (χ1) is 35.2. The number of hydrogen-bond donors (Lipinski definition) is 12. The summed E-state index contributed by atoms with van der Waals surface area (Å²) < 4.78 is 110. The topological polar surface area (TPSA) is 519 Å². The van der Waals surface area contributed by atoms with Gasteiger partial charge in [0.05, 0.1) is 45.3 Å². The van der Waals surface area contributed by atoms with Crippen LogP contribution in [0.2, 0.25) is 0 Å². The highest BCUT2D eigenvalue weighted by Crippen LogP contribution is 2.68. The molecule has 0 amide bonds. The highest BCUT2D eigenvalue weighted by molar-refractivity contribution is 7.66. The number of anilines is 2. The Kier molecular flexibility index (Phi) is 16.6. The molecule has 41 heteroatoms. The Morgan fingerprint density at radius 3 is 2.15 bits per heavy atom. The largest absolute Gasteiger partial charge is 0.490 e. The van der Waals surface area contributed by atoms with Gasteiger partial charge in [0, 0.05) is 39.0 Å². The van der Waals surface area contributed by atoms with Crippen LogP contribution in [0.1, 0.15) is 25.1 Å². The van der Waals surface area contributed by atoms with Crippen molar-refractivity contribution < 1.29 is 104 Å². The molecular weight excluding hydrogens is 1100 g/mol. The molecule has 8 rings (SSSR count). The average molecular weight is 1150 g/mol. The summed E-state index contributed by atoms with van der Waals surface area (Å²) in [5.74, 6) is -1.26. The molecule has 0 bridgehead atoms. The van der Waals surface area contributed by atoms with Crippen LogP contribution in [0.15, 0.2) is 45.6 Å². The number of nitrogen functional groups attached to an aromatic ring is 2. The number of imidazole rings is 2. The zero-order valence-electron chi connectivity index (χ0n) is 38.9. The van der Waals surface area contributed by atoms with Crippen LogP contribution in [-0.4, -0.2) is 168 Å². The molecule has 8 heterocycles. The predicted molar refractivity (Wildman–Crippen MR) is 244 cm³/mol. The Morgan fingerprint density at radius 2 is 1.48 bits per heavy atom. The first kappa shape index (κ1) is 56.6. The van der Waals surface area contributed by atoms with Crippen LogP contribution in [0, 0.1) is 5.92 Å². The number of fused-ring (bicyclic) bond motifs is 2. The number of rotatable bonds is 22. The van der Waals surface area contributed by atoms with E-state index in [1.54, 1.807) is 0 Å². The summed E-state index contributed by atoms with van der Waals surface area (Å²) in [6, 6.07) is -0.714. The standard InChI is InChI=1S/C34H49N13O24P4/c1-44-13-47(28-21(44)29(52)42-33(36)41-28)30-22(49)14(5-7-62-2)15(67-30)8-65-73(56,57)70-75(60,61)71-74(58,59)66-9-16-19(25(63-3)32(68-16)46-12-39-20-26(35)37-11-38-27(20)46)43-72(54,55)64-10-17-23(50)24(51)31(69-17)45-6-4-18(48)40-34(45)53/h4,6,11-17,19,22-25,30-32,49-51H,5,7-10H2,1-3H3,(H10-,35,36,37,38,40,41,42,43,48,52,53,54,55,56,57,58,59,60,61)/p+1/t14-,15-,16-,17-,19-,22-,23-,24-,25-,30-,31-,32-/m1/s1. The third-order valence-electron chi connectivity index (χ3n) is 11.9. The molecule has 14 N–H and O–H groups in total. The average Bonchev–Trinajstić information content (AvgIpc) is 4.12. The SMILES string of the molecule is COCC[C@H]1[C@@H](O)[C@H]([n+]2cn(C)c3c(=O)[nH]c(N)nc32)O[C@@H]1COP(=O)(O)OP(=O)(O)OP(=O)(O)OC[C@H]1O[C@@H](n2cnc3c(N)ncnc32)[C@H](OC)[C@@H]1NP(=O)(O)OC[C@H]1O[C@@H](n2ccc(=O)[nH]c2=O)[C@H](O)[C@@H]1O. The lowest BCUT2D eigenvalue weighted by molar-refractivity contribution is -0.745. The molecule has 5 aromatic rings. The number of aromatic nitrogens is 10. The molecule has 3 aliphatic rings. The molecule has 75 heavy (non-hydrogen) atoms. The van der Waals surface area contributed by atoms with Crippen molar-refractivity contribution in [1.29, 1.82) is 0 Å². The van der Waals surface area contributed by atoms with Crippen molar-refractivity contribution in [2.24, 2.45) is 13.0 Å². The van der Waals surface area contributed by atoms with Gasteiger partial charge in [-0.15, -0.1) is 0 Å². The van der Waals surface area contributed by atoms with Gasteiger partial charge in [0.1, 0.15) is 48.5 Å². The van der Waals surface area contributed by atoms with Crippen molar-refractivity contribution in [3.63, 3.8) is 0 Å². The number of ether oxygens (including phenoxy) is 5. The Morgan fingerprint density at radius 1 is 0.813 bits per heavy atom. The molecule has 37 nitrogen and oxygen atoms in total. The quantitative estimate of drug-likeness (QED) is 0.0232. The number of phosphoric ester groups is 2. The van der Waals surface area contributed by atoms with E-state index >= 15 is 0 Å². The number of H-pyrrole nitrogens is 2. The van der Waals surface area contributed by atoms with Crippen LogP contribution >= 0.6 is 31.2 Å². The minimum absolute atomic E-state index is 0.00482. The van der Waals surface area contributed by atoms with E-state index in [1.807, 2.05) is 4.98 Å². The van der Waals surface area contributed by atoms with Gasteiger partial charge in [-0.3, -0.25) is 46.8 Å². The van der Waals surface area contributed by atoms with Gasteiger partial charge in [0.25, 0.3) is 17.1 Å². The fourth-order valence-electron chi connectivity index (χ4n) is 8.61. The number of nitrogens with one attached hydrogen (secondary N) is 3. The van der Waals surface area contributed by atoms with E-state index in [0.717, 1.165) is 30.3 Å². The van der Waals surface area contributed by atoms with Gasteiger partial charge < -0.3 is 70.0 Å². The second kappa shape index (κ2) is 22.0. The van der Waals surface area contributed by atoms with Gasteiger partial charge in [0.15, 0.2) is 30.2 Å². The van der Waals surface area contributed by atoms with Crippen molar-refractivity contribution in [1.82, 2.24) is 48.7 Å². The normalized spacial score (nSPS) is 30.4. The number of hydrogen-bond acceptors (Lipinski definition) is 26. The molecule has 5 aromatic heterocycles. The van der Waals surface area contributed by atoms with Gasteiger partial charge in [-0.25, -0.2) is 47.7 Å². The summed E-state index contributed by atoms with van der Waals surface area (Å²) in [5, 5.41) is 34.9. The number of aryl methyl sites for hydroxylation is 1. The highest BCUT2D eigenvalue weighted by atomic mass is 31.3. The molecule has 4 unspecified atom stereocenters. The van der Waals surface area contributed by atoms with Gasteiger partial charge in [-0.1, -0.05) is 4.98 Å². The lowest BCUT2D eigenvalue weighted by Crippen LogP contribution is -2.45. The van der Waals surface area contributed by atoms with Crippen molar-refractivity contribution >= 4 is 65.3 Å². The van der Waals surface area contributed by atoms with Crippen LogP contribution in [0.5, 0.6) is 0 Å². The molecule has 0 saturated carbocycles. The summed E-state index contributed by atoms with van der Waals surface area (Å²) >= 11 is 0. The lowest BCUT2D eigenvalue weighted by Gasteiger charge is -2.27. The number of nitrogens with zero attached hydrogens (tertiary/aromatic N) is 8. The number of aliphatic hydroxyl groups is 3. The maximum Gasteiger partial charge on any atom is 0.490 e. The minimum atomic E-state index is -6.16. The highest BCUT2D eigenvalue weighted by Gasteiger charge is 2.53.